The molecule has 9 heteroatoms. The number of carbonyl (C=O) groups excluding carboxylic acids is 3. The maximum Gasteiger partial charge on any atom is 0.272 e. The van der Waals surface area contributed by atoms with Crippen molar-refractivity contribution in [1.82, 2.24) is 15.6 Å². The summed E-state index contributed by atoms with van der Waals surface area (Å²) in [6, 6.07) is 12.0. The third-order valence-corrected chi connectivity index (χ3v) is 5.13. The van der Waals surface area contributed by atoms with Crippen LogP contribution >= 0.6 is 11.8 Å². The number of amides is 3. The molecule has 0 radical (unpaired) electrons. The van der Waals surface area contributed by atoms with E-state index in [2.05, 4.69) is 20.6 Å². The zero-order valence-corrected chi connectivity index (χ0v) is 17.8. The third-order valence-electron chi connectivity index (χ3n) is 4.58. The fraction of sp³-hybridized carbons (Fsp3) is 0.286. The van der Waals surface area contributed by atoms with Crippen LogP contribution in [-0.2, 0) is 14.4 Å². The molecule has 156 valence electrons. The van der Waals surface area contributed by atoms with Gasteiger partial charge in [-0.3, -0.25) is 19.4 Å². The van der Waals surface area contributed by atoms with E-state index >= 15 is 0 Å². The number of carbonyl (C=O) groups is 3. The zero-order valence-electron chi connectivity index (χ0n) is 17.0. The summed E-state index contributed by atoms with van der Waals surface area (Å²) in [5, 5.41) is 5.27. The number of likely N-dealkylation sites (N-methyl/N-ethyl adjacent to an activating group) is 1. The lowest BCUT2D eigenvalue weighted by Crippen LogP contribution is -2.52. The van der Waals surface area contributed by atoms with E-state index < -0.39 is 18.1 Å². The predicted molar refractivity (Wildman–Crippen MR) is 118 cm³/mol. The van der Waals surface area contributed by atoms with Crippen molar-refractivity contribution in [2.75, 3.05) is 24.0 Å². The Morgan fingerprint density at radius 1 is 1.20 bits per heavy atom. The van der Waals surface area contributed by atoms with E-state index in [0.29, 0.717) is 17.1 Å². The Bertz CT molecular complexity index is 980. The highest BCUT2D eigenvalue weighted by Crippen LogP contribution is 2.26. The fourth-order valence-electron chi connectivity index (χ4n) is 3.06. The molecule has 2 heterocycles. The largest absolute Gasteiger partial charge is 0.344 e. The first kappa shape index (κ1) is 21.5. The van der Waals surface area contributed by atoms with Crippen LogP contribution in [0.1, 0.15) is 18.2 Å². The summed E-state index contributed by atoms with van der Waals surface area (Å²) in [5.74, 6) is -0.879. The van der Waals surface area contributed by atoms with Crippen LogP contribution in [0.25, 0.3) is 0 Å². The summed E-state index contributed by atoms with van der Waals surface area (Å²) < 4.78 is 0. The lowest BCUT2D eigenvalue weighted by molar-refractivity contribution is -0.130. The second kappa shape index (κ2) is 9.53. The van der Waals surface area contributed by atoms with Crippen LogP contribution in [0.15, 0.2) is 53.7 Å². The molecule has 0 aliphatic carbocycles. The maximum absolute atomic E-state index is 13.1. The first-order valence-corrected chi connectivity index (χ1v) is 10.8. The van der Waals surface area contributed by atoms with Crippen molar-refractivity contribution < 1.29 is 14.4 Å². The predicted octanol–water partition coefficient (Wildman–Crippen LogP) is 1.21. The number of fused-ring (bicyclic) bond motifs is 1. The van der Waals surface area contributed by atoms with E-state index in [9.17, 15) is 14.4 Å². The molecular formula is C21H23N5O3S. The van der Waals surface area contributed by atoms with E-state index in [-0.39, 0.29) is 17.6 Å². The molecule has 1 aromatic heterocycles. The Balaban J connectivity index is 1.94. The van der Waals surface area contributed by atoms with Crippen LogP contribution in [0.4, 0.5) is 5.69 Å². The second-order valence-corrected chi connectivity index (χ2v) is 7.61. The van der Waals surface area contributed by atoms with E-state index in [1.165, 1.54) is 16.7 Å². The first-order chi connectivity index (χ1) is 14.4. The number of thioether (sulfide) groups is 1. The Morgan fingerprint density at radius 3 is 2.63 bits per heavy atom. The number of rotatable bonds is 6. The van der Waals surface area contributed by atoms with Crippen LogP contribution in [-0.4, -0.2) is 59.7 Å². The van der Waals surface area contributed by atoms with Crippen molar-refractivity contribution >= 4 is 40.9 Å². The van der Waals surface area contributed by atoms with Crippen LogP contribution in [0.5, 0.6) is 0 Å². The van der Waals surface area contributed by atoms with Gasteiger partial charge in [0.15, 0.2) is 0 Å². The lowest BCUT2D eigenvalue weighted by atomic mass is 10.0. The second-order valence-electron chi connectivity index (χ2n) is 6.74. The molecule has 0 spiro atoms. The lowest BCUT2D eigenvalue weighted by Gasteiger charge is -2.22. The Morgan fingerprint density at radius 2 is 1.93 bits per heavy atom. The normalized spacial score (nSPS) is 16.8. The molecule has 1 aliphatic rings. The number of benzene rings is 1. The van der Waals surface area contributed by atoms with Gasteiger partial charge in [0.2, 0.25) is 18.0 Å². The average Bonchev–Trinajstić information content (AvgIpc) is 2.85. The van der Waals surface area contributed by atoms with Crippen molar-refractivity contribution in [2.24, 2.45) is 4.99 Å². The highest BCUT2D eigenvalue weighted by molar-refractivity contribution is 7.99. The van der Waals surface area contributed by atoms with Gasteiger partial charge in [-0.15, -0.1) is 0 Å². The number of pyridine rings is 1. The maximum atomic E-state index is 13.1. The van der Waals surface area contributed by atoms with E-state index in [1.54, 1.807) is 38.6 Å². The molecule has 2 aromatic rings. The summed E-state index contributed by atoms with van der Waals surface area (Å²) >= 11 is 1.36. The van der Waals surface area contributed by atoms with Gasteiger partial charge in [-0.2, -0.15) is 11.8 Å². The van der Waals surface area contributed by atoms with Gasteiger partial charge in [-0.05, 0) is 31.4 Å². The minimum atomic E-state index is -1.15. The van der Waals surface area contributed by atoms with Crippen molar-refractivity contribution in [2.45, 2.75) is 19.1 Å². The molecule has 0 saturated heterocycles. The van der Waals surface area contributed by atoms with Crippen LogP contribution in [0.2, 0.25) is 0 Å². The van der Waals surface area contributed by atoms with Gasteiger partial charge in [-0.25, -0.2) is 4.99 Å². The molecule has 2 atom stereocenters. The van der Waals surface area contributed by atoms with E-state index in [4.69, 9.17) is 0 Å². The van der Waals surface area contributed by atoms with Gasteiger partial charge in [0.1, 0.15) is 6.04 Å². The molecule has 1 aliphatic heterocycles. The van der Waals surface area contributed by atoms with Crippen LogP contribution in [0.3, 0.4) is 0 Å². The van der Waals surface area contributed by atoms with Gasteiger partial charge in [0.25, 0.3) is 5.91 Å². The molecule has 3 rings (SSSR count). The van der Waals surface area contributed by atoms with Gasteiger partial charge in [0, 0.05) is 18.8 Å². The molecular weight excluding hydrogens is 402 g/mol. The first-order valence-electron chi connectivity index (χ1n) is 9.37. The molecule has 30 heavy (non-hydrogen) atoms. The summed E-state index contributed by atoms with van der Waals surface area (Å²) in [6.45, 7) is 1.57. The van der Waals surface area contributed by atoms with Gasteiger partial charge >= 0.3 is 0 Å². The smallest absolute Gasteiger partial charge is 0.272 e. The quantitative estimate of drug-likeness (QED) is 0.724. The zero-order chi connectivity index (χ0) is 21.7. The van der Waals surface area contributed by atoms with Crippen molar-refractivity contribution in [3.63, 3.8) is 0 Å². The number of hydrogen-bond acceptors (Lipinski definition) is 6. The fourth-order valence-corrected chi connectivity index (χ4v) is 3.41. The SMILES string of the molecule is CSCC(=O)NC(C)C(=O)NC1N=C(c2ccccn2)c2ccccc2N(C)C1=O. The molecule has 0 saturated carbocycles. The molecule has 1 aromatic carbocycles. The van der Waals surface area contributed by atoms with Crippen LogP contribution < -0.4 is 15.5 Å². The van der Waals surface area contributed by atoms with Gasteiger partial charge < -0.3 is 15.5 Å². The number of para-hydroxylation sites is 1. The summed E-state index contributed by atoms with van der Waals surface area (Å²) in [6.07, 6.45) is 2.30. The number of anilines is 1. The Hall–Kier alpha value is -3.20. The van der Waals surface area contributed by atoms with Crippen molar-refractivity contribution in [3.8, 4) is 0 Å². The number of aromatic nitrogens is 1. The van der Waals surface area contributed by atoms with Gasteiger partial charge in [-0.1, -0.05) is 24.3 Å². The minimum absolute atomic E-state index is 0.250. The molecule has 2 unspecified atom stereocenters. The van der Waals surface area contributed by atoms with Crippen molar-refractivity contribution in [3.05, 3.63) is 59.9 Å². The van der Waals surface area contributed by atoms with Crippen molar-refractivity contribution in [1.29, 1.82) is 0 Å². The number of nitrogens with one attached hydrogen (secondary N) is 2. The molecule has 8 nitrogen and oxygen atoms in total. The Kier molecular flexibility index (Phi) is 6.83. The monoisotopic (exact) mass is 425 g/mol. The number of aliphatic imine (C=N–C) groups is 1. The highest BCUT2D eigenvalue weighted by Gasteiger charge is 2.32. The summed E-state index contributed by atoms with van der Waals surface area (Å²) in [4.78, 5) is 47.9. The van der Waals surface area contributed by atoms with Crippen LogP contribution in [0, 0.1) is 0 Å². The highest BCUT2D eigenvalue weighted by atomic mass is 32.2. The van der Waals surface area contributed by atoms with E-state index in [1.807, 2.05) is 30.3 Å². The van der Waals surface area contributed by atoms with Gasteiger partial charge in [0.05, 0.1) is 22.8 Å². The minimum Gasteiger partial charge on any atom is -0.344 e. The Labute approximate surface area is 179 Å². The summed E-state index contributed by atoms with van der Waals surface area (Å²) in [7, 11) is 1.64. The summed E-state index contributed by atoms with van der Waals surface area (Å²) in [5.41, 5.74) is 2.51. The van der Waals surface area contributed by atoms with E-state index in [0.717, 1.165) is 5.56 Å². The molecule has 2 N–H and O–H groups in total. The topological polar surface area (TPSA) is 104 Å². The number of benzodiazepines with no additional fused rings is 1. The number of nitrogens with zero attached hydrogens (tertiary/aromatic N) is 3. The molecule has 0 bridgehead atoms. The molecule has 3 amide bonds. The third kappa shape index (κ3) is 4.68. The average molecular weight is 426 g/mol. The standard InChI is InChI=1S/C21H23N5O3S/c1-13(23-17(27)12-30-3)20(28)25-19-21(29)26(2)16-10-5-4-8-14(16)18(24-19)15-9-6-7-11-22-15/h4-11,13,19H,12H2,1-3H3,(H,23,27)(H,25,28). The number of hydrogen-bond donors (Lipinski definition) is 2. The molecule has 0 fully saturated rings.